The van der Waals surface area contributed by atoms with Gasteiger partial charge in [0.15, 0.2) is 6.61 Å². The molecule has 5 heteroatoms. The average Bonchev–Trinajstić information content (AvgIpc) is 2.26. The summed E-state index contributed by atoms with van der Waals surface area (Å²) in [7, 11) is 1.26. The summed E-state index contributed by atoms with van der Waals surface area (Å²) >= 11 is 5.69. The van der Waals surface area contributed by atoms with Crippen molar-refractivity contribution in [1.29, 1.82) is 5.26 Å². The van der Waals surface area contributed by atoms with Gasteiger partial charge in [-0.1, -0.05) is 11.6 Å². The fourth-order valence-electron chi connectivity index (χ4n) is 0.911. The van der Waals surface area contributed by atoms with Crippen molar-refractivity contribution in [2.24, 2.45) is 0 Å². The first-order valence-electron chi connectivity index (χ1n) is 4.06. The molecule has 0 atom stereocenters. The Morgan fingerprint density at radius 3 is 2.93 bits per heavy atom. The van der Waals surface area contributed by atoms with Crippen LogP contribution in [0.25, 0.3) is 0 Å². The van der Waals surface area contributed by atoms with E-state index < -0.39 is 5.97 Å². The van der Waals surface area contributed by atoms with Gasteiger partial charge in [0.1, 0.15) is 11.8 Å². The molecule has 0 unspecified atom stereocenters. The number of rotatable bonds is 3. The molecule has 0 aliphatic carbocycles. The lowest BCUT2D eigenvalue weighted by Crippen LogP contribution is -2.13. The standard InChI is InChI=1S/C10H8ClNO3/c1-14-10(13)6-15-9-3-2-8(11)4-7(9)5-12/h2-4H,6H2,1H3. The van der Waals surface area contributed by atoms with Gasteiger partial charge in [-0.2, -0.15) is 5.26 Å². The maximum absolute atomic E-state index is 10.8. The molecule has 15 heavy (non-hydrogen) atoms. The van der Waals surface area contributed by atoms with Gasteiger partial charge in [0, 0.05) is 5.02 Å². The summed E-state index contributed by atoms with van der Waals surface area (Å²) in [5, 5.41) is 9.20. The van der Waals surface area contributed by atoms with Crippen LogP contribution in [0.4, 0.5) is 0 Å². The molecule has 4 nitrogen and oxygen atoms in total. The summed E-state index contributed by atoms with van der Waals surface area (Å²) in [6.07, 6.45) is 0. The molecule has 0 heterocycles. The number of hydrogen-bond donors (Lipinski definition) is 0. The molecule has 0 amide bonds. The minimum absolute atomic E-state index is 0.229. The lowest BCUT2D eigenvalue weighted by molar-refractivity contribution is -0.142. The smallest absolute Gasteiger partial charge is 0.343 e. The number of nitrogens with zero attached hydrogens (tertiary/aromatic N) is 1. The Bertz CT molecular complexity index is 412. The van der Waals surface area contributed by atoms with Crippen LogP contribution in [-0.4, -0.2) is 19.7 Å². The van der Waals surface area contributed by atoms with Gasteiger partial charge in [0.2, 0.25) is 0 Å². The van der Waals surface area contributed by atoms with Gasteiger partial charge in [-0.15, -0.1) is 0 Å². The topological polar surface area (TPSA) is 59.3 Å². The summed E-state index contributed by atoms with van der Waals surface area (Å²) in [6, 6.07) is 6.49. The monoisotopic (exact) mass is 225 g/mol. The Balaban J connectivity index is 2.77. The predicted octanol–water partition coefficient (Wildman–Crippen LogP) is 1.76. The number of benzene rings is 1. The lowest BCUT2D eigenvalue weighted by Gasteiger charge is -2.06. The molecule has 1 rings (SSSR count). The number of halogens is 1. The Hall–Kier alpha value is -1.73. The molecular weight excluding hydrogens is 218 g/mol. The van der Waals surface area contributed by atoms with E-state index in [0.29, 0.717) is 10.8 Å². The molecule has 0 fully saturated rings. The molecular formula is C10H8ClNO3. The minimum Gasteiger partial charge on any atom is -0.481 e. The maximum Gasteiger partial charge on any atom is 0.343 e. The molecule has 0 spiro atoms. The van der Waals surface area contributed by atoms with Crippen LogP contribution in [0.15, 0.2) is 18.2 Å². The highest BCUT2D eigenvalue weighted by atomic mass is 35.5. The molecule has 0 aromatic heterocycles. The zero-order chi connectivity index (χ0) is 11.3. The first-order valence-corrected chi connectivity index (χ1v) is 4.44. The summed E-state index contributed by atoms with van der Waals surface area (Å²) < 4.78 is 9.48. The van der Waals surface area contributed by atoms with Gasteiger partial charge >= 0.3 is 5.97 Å². The van der Waals surface area contributed by atoms with E-state index in [4.69, 9.17) is 21.6 Å². The zero-order valence-corrected chi connectivity index (χ0v) is 8.75. The Morgan fingerprint density at radius 2 is 2.33 bits per heavy atom. The van der Waals surface area contributed by atoms with Crippen molar-refractivity contribution < 1.29 is 14.3 Å². The molecule has 0 saturated carbocycles. The van der Waals surface area contributed by atoms with Gasteiger partial charge in [0.25, 0.3) is 0 Å². The number of nitriles is 1. The number of carbonyl (C=O) groups excluding carboxylic acids is 1. The van der Waals surface area contributed by atoms with E-state index >= 15 is 0 Å². The molecule has 0 aliphatic heterocycles. The van der Waals surface area contributed by atoms with Crippen molar-refractivity contribution in [3.8, 4) is 11.8 Å². The molecule has 0 bridgehead atoms. The largest absolute Gasteiger partial charge is 0.481 e. The third kappa shape index (κ3) is 3.15. The number of hydrogen-bond acceptors (Lipinski definition) is 4. The molecule has 78 valence electrons. The van der Waals surface area contributed by atoms with Gasteiger partial charge in [-0.25, -0.2) is 4.79 Å². The van der Waals surface area contributed by atoms with Crippen LogP contribution in [0, 0.1) is 11.3 Å². The third-order valence-corrected chi connectivity index (χ3v) is 1.87. The average molecular weight is 226 g/mol. The Morgan fingerprint density at radius 1 is 1.60 bits per heavy atom. The van der Waals surface area contributed by atoms with Crippen LogP contribution < -0.4 is 4.74 Å². The second-order valence-corrected chi connectivity index (χ2v) is 3.05. The Kier molecular flexibility index (Phi) is 3.95. The van der Waals surface area contributed by atoms with E-state index in [1.54, 1.807) is 6.07 Å². The molecule has 0 aliphatic rings. The Labute approximate surface area is 92.0 Å². The van der Waals surface area contributed by atoms with Gasteiger partial charge in [-0.05, 0) is 18.2 Å². The second-order valence-electron chi connectivity index (χ2n) is 2.62. The first-order chi connectivity index (χ1) is 7.17. The predicted molar refractivity (Wildman–Crippen MR) is 53.7 cm³/mol. The van der Waals surface area contributed by atoms with E-state index in [0.717, 1.165) is 0 Å². The fraction of sp³-hybridized carbons (Fsp3) is 0.200. The molecule has 0 N–H and O–H groups in total. The zero-order valence-electron chi connectivity index (χ0n) is 7.99. The highest BCUT2D eigenvalue weighted by Crippen LogP contribution is 2.21. The number of ether oxygens (including phenoxy) is 2. The SMILES string of the molecule is COC(=O)COc1ccc(Cl)cc1C#N. The highest BCUT2D eigenvalue weighted by molar-refractivity contribution is 6.30. The molecule has 1 aromatic rings. The van der Waals surface area contributed by atoms with Crippen LogP contribution in [0.2, 0.25) is 5.02 Å². The van der Waals surface area contributed by atoms with E-state index in [1.807, 2.05) is 6.07 Å². The fourth-order valence-corrected chi connectivity index (χ4v) is 1.08. The van der Waals surface area contributed by atoms with E-state index in [-0.39, 0.29) is 12.2 Å². The van der Waals surface area contributed by atoms with Crippen molar-refractivity contribution in [2.45, 2.75) is 0 Å². The number of carbonyl (C=O) groups is 1. The van der Waals surface area contributed by atoms with Crippen molar-refractivity contribution in [3.63, 3.8) is 0 Å². The lowest BCUT2D eigenvalue weighted by atomic mass is 10.2. The van der Waals surface area contributed by atoms with E-state index in [9.17, 15) is 4.79 Å². The van der Waals surface area contributed by atoms with E-state index in [1.165, 1.54) is 19.2 Å². The van der Waals surface area contributed by atoms with Gasteiger partial charge < -0.3 is 9.47 Å². The first kappa shape index (κ1) is 11.3. The quantitative estimate of drug-likeness (QED) is 0.736. The van der Waals surface area contributed by atoms with Gasteiger partial charge in [0.05, 0.1) is 12.7 Å². The normalized spacial score (nSPS) is 9.13. The number of methoxy groups -OCH3 is 1. The van der Waals surface area contributed by atoms with E-state index in [2.05, 4.69) is 4.74 Å². The minimum atomic E-state index is -0.506. The second kappa shape index (κ2) is 5.23. The molecule has 1 aromatic carbocycles. The number of esters is 1. The van der Waals surface area contributed by atoms with Crippen LogP contribution in [-0.2, 0) is 9.53 Å². The summed E-state index contributed by atoms with van der Waals surface area (Å²) in [5.41, 5.74) is 0.284. The molecule has 0 radical (unpaired) electrons. The van der Waals surface area contributed by atoms with Crippen LogP contribution in [0.5, 0.6) is 5.75 Å². The molecule has 0 saturated heterocycles. The van der Waals surface area contributed by atoms with Crippen LogP contribution in [0.1, 0.15) is 5.56 Å². The highest BCUT2D eigenvalue weighted by Gasteiger charge is 2.06. The van der Waals surface area contributed by atoms with Crippen molar-refractivity contribution in [3.05, 3.63) is 28.8 Å². The summed E-state index contributed by atoms with van der Waals surface area (Å²) in [6.45, 7) is -0.229. The summed E-state index contributed by atoms with van der Waals surface area (Å²) in [4.78, 5) is 10.8. The van der Waals surface area contributed by atoms with Crippen molar-refractivity contribution in [1.82, 2.24) is 0 Å². The van der Waals surface area contributed by atoms with Crippen molar-refractivity contribution >= 4 is 17.6 Å². The van der Waals surface area contributed by atoms with Crippen LogP contribution in [0.3, 0.4) is 0 Å². The third-order valence-electron chi connectivity index (χ3n) is 1.64. The van der Waals surface area contributed by atoms with Crippen molar-refractivity contribution in [2.75, 3.05) is 13.7 Å². The maximum atomic E-state index is 10.8. The summed E-state index contributed by atoms with van der Waals surface area (Å²) in [5.74, 6) is -0.193. The van der Waals surface area contributed by atoms with Gasteiger partial charge in [-0.3, -0.25) is 0 Å². The van der Waals surface area contributed by atoms with Crippen LogP contribution >= 0.6 is 11.6 Å².